The van der Waals surface area contributed by atoms with Crippen LogP contribution in [0.4, 0.5) is 4.39 Å². The molecule has 9 nitrogen and oxygen atoms in total. The van der Waals surface area contributed by atoms with Crippen LogP contribution in [-0.2, 0) is 9.59 Å². The molecule has 0 aliphatic carbocycles. The largest absolute Gasteiger partial charge is 0.478 e. The fraction of sp³-hybridized carbons (Fsp3) is 0.100. The number of aromatic nitrogens is 2. The Bertz CT molecular complexity index is 1310. The first kappa shape index (κ1) is 19.1. The zero-order valence-electron chi connectivity index (χ0n) is 15.5. The van der Waals surface area contributed by atoms with Gasteiger partial charge >= 0.3 is 5.97 Å². The standard InChI is InChI=1S/C20H15FN4O5/c1-9(26)23-19(18(22)27)25-12-7-6-11(20(28)29)16(21)15(12)17(24-25)14-8-10-4-2-3-5-13(10)30-14/h2-8,19H,1H3,(H2,22,27)(H,23,26)(H,28,29). The van der Waals surface area contributed by atoms with Crippen LogP contribution in [0.2, 0.25) is 0 Å². The number of halogens is 1. The zero-order valence-corrected chi connectivity index (χ0v) is 15.5. The Hall–Kier alpha value is -4.21. The molecule has 4 N–H and O–H groups in total. The van der Waals surface area contributed by atoms with Crippen molar-refractivity contribution in [2.45, 2.75) is 13.1 Å². The summed E-state index contributed by atoms with van der Waals surface area (Å²) in [6.07, 6.45) is -1.42. The summed E-state index contributed by atoms with van der Waals surface area (Å²) in [6, 6.07) is 11.0. The molecule has 0 bridgehead atoms. The number of hydrogen-bond donors (Lipinski definition) is 3. The maximum Gasteiger partial charge on any atom is 0.338 e. The smallest absolute Gasteiger partial charge is 0.338 e. The van der Waals surface area contributed by atoms with Crippen molar-refractivity contribution in [2.75, 3.05) is 0 Å². The summed E-state index contributed by atoms with van der Waals surface area (Å²) in [7, 11) is 0. The van der Waals surface area contributed by atoms with E-state index in [2.05, 4.69) is 10.4 Å². The number of carbonyl (C=O) groups is 3. The summed E-state index contributed by atoms with van der Waals surface area (Å²) in [6.45, 7) is 1.19. The average molecular weight is 410 g/mol. The van der Waals surface area contributed by atoms with E-state index < -0.39 is 35.3 Å². The van der Waals surface area contributed by atoms with Gasteiger partial charge in [-0.25, -0.2) is 13.9 Å². The molecule has 0 spiro atoms. The van der Waals surface area contributed by atoms with Crippen LogP contribution in [0.3, 0.4) is 0 Å². The van der Waals surface area contributed by atoms with Crippen LogP contribution >= 0.6 is 0 Å². The Morgan fingerprint density at radius 1 is 1.23 bits per heavy atom. The van der Waals surface area contributed by atoms with E-state index in [0.29, 0.717) is 5.58 Å². The number of fused-ring (bicyclic) bond motifs is 2. The van der Waals surface area contributed by atoms with Crippen LogP contribution in [-0.4, -0.2) is 32.7 Å². The maximum absolute atomic E-state index is 15.2. The molecule has 0 saturated heterocycles. The highest BCUT2D eigenvalue weighted by Crippen LogP contribution is 2.35. The summed E-state index contributed by atoms with van der Waals surface area (Å²) < 4.78 is 22.0. The summed E-state index contributed by atoms with van der Waals surface area (Å²) in [5.74, 6) is -3.85. The minimum atomic E-state index is -1.47. The third-order valence-electron chi connectivity index (χ3n) is 4.55. The summed E-state index contributed by atoms with van der Waals surface area (Å²) in [5, 5.41) is 16.5. The number of benzene rings is 2. The monoisotopic (exact) mass is 410 g/mol. The molecule has 4 rings (SSSR count). The third-order valence-corrected chi connectivity index (χ3v) is 4.55. The molecule has 0 radical (unpaired) electrons. The first-order valence-electron chi connectivity index (χ1n) is 8.77. The highest BCUT2D eigenvalue weighted by molar-refractivity contribution is 6.01. The molecule has 2 heterocycles. The van der Waals surface area contributed by atoms with Crippen molar-refractivity contribution in [3.63, 3.8) is 0 Å². The summed E-state index contributed by atoms with van der Waals surface area (Å²) >= 11 is 0. The van der Waals surface area contributed by atoms with Crippen molar-refractivity contribution in [3.8, 4) is 11.5 Å². The quantitative estimate of drug-likeness (QED) is 0.461. The minimum Gasteiger partial charge on any atom is -0.478 e. The lowest BCUT2D eigenvalue weighted by molar-refractivity contribution is -0.128. The van der Waals surface area contributed by atoms with Gasteiger partial charge in [0.1, 0.15) is 17.1 Å². The number of carboxylic acids is 1. The van der Waals surface area contributed by atoms with Gasteiger partial charge < -0.3 is 20.6 Å². The number of hydrogen-bond acceptors (Lipinski definition) is 5. The summed E-state index contributed by atoms with van der Waals surface area (Å²) in [4.78, 5) is 34.9. The first-order chi connectivity index (χ1) is 14.3. The SMILES string of the molecule is CC(=O)NC(C(N)=O)n1nc(-c2cc3ccccc3o2)c2c(F)c(C(=O)O)ccc21. The van der Waals surface area contributed by atoms with E-state index in [-0.39, 0.29) is 22.4 Å². The number of para-hydroxylation sites is 1. The van der Waals surface area contributed by atoms with E-state index in [1.165, 1.54) is 13.0 Å². The number of rotatable bonds is 5. The van der Waals surface area contributed by atoms with Crippen molar-refractivity contribution in [2.24, 2.45) is 5.73 Å². The number of nitrogens with two attached hydrogens (primary N) is 1. The Kier molecular flexibility index (Phi) is 4.46. The number of aromatic carboxylic acids is 1. The Morgan fingerprint density at radius 3 is 2.60 bits per heavy atom. The average Bonchev–Trinajstić information content (AvgIpc) is 3.27. The van der Waals surface area contributed by atoms with Gasteiger partial charge in [-0.3, -0.25) is 9.59 Å². The second kappa shape index (κ2) is 6.99. The van der Waals surface area contributed by atoms with Gasteiger partial charge in [0.05, 0.1) is 16.5 Å². The molecular formula is C20H15FN4O5. The van der Waals surface area contributed by atoms with E-state index in [1.54, 1.807) is 30.3 Å². The molecule has 4 aromatic rings. The normalized spacial score (nSPS) is 12.2. The maximum atomic E-state index is 15.2. The predicted octanol–water partition coefficient (Wildman–Crippen LogP) is 2.41. The van der Waals surface area contributed by atoms with Gasteiger partial charge in [0.2, 0.25) is 12.1 Å². The summed E-state index contributed by atoms with van der Waals surface area (Å²) in [5.41, 5.74) is 5.38. The molecule has 1 unspecified atom stereocenters. The van der Waals surface area contributed by atoms with Crippen LogP contribution in [0.5, 0.6) is 0 Å². The van der Waals surface area contributed by atoms with Crippen LogP contribution < -0.4 is 11.1 Å². The number of amides is 2. The molecule has 2 amide bonds. The van der Waals surface area contributed by atoms with E-state index in [0.717, 1.165) is 16.1 Å². The highest BCUT2D eigenvalue weighted by atomic mass is 19.1. The topological polar surface area (TPSA) is 140 Å². The van der Waals surface area contributed by atoms with Gasteiger partial charge in [0.25, 0.3) is 5.91 Å². The van der Waals surface area contributed by atoms with E-state index >= 15 is 4.39 Å². The Labute approximate surface area is 167 Å². The van der Waals surface area contributed by atoms with Gasteiger partial charge in [-0.2, -0.15) is 5.10 Å². The van der Waals surface area contributed by atoms with Crippen LogP contribution in [0, 0.1) is 5.82 Å². The zero-order chi connectivity index (χ0) is 21.6. The molecule has 0 fully saturated rings. The van der Waals surface area contributed by atoms with Crippen LogP contribution in [0.25, 0.3) is 33.3 Å². The van der Waals surface area contributed by atoms with Crippen molar-refractivity contribution < 1.29 is 28.3 Å². The molecule has 10 heteroatoms. The van der Waals surface area contributed by atoms with E-state index in [9.17, 15) is 19.5 Å². The molecule has 30 heavy (non-hydrogen) atoms. The lowest BCUT2D eigenvalue weighted by Crippen LogP contribution is -2.40. The fourth-order valence-corrected chi connectivity index (χ4v) is 3.27. The van der Waals surface area contributed by atoms with Crippen molar-refractivity contribution in [3.05, 3.63) is 53.8 Å². The molecule has 152 valence electrons. The minimum absolute atomic E-state index is 0.0293. The molecule has 2 aromatic carbocycles. The molecule has 0 aliphatic heterocycles. The van der Waals surface area contributed by atoms with E-state index in [4.69, 9.17) is 10.2 Å². The third kappa shape index (κ3) is 3.04. The lowest BCUT2D eigenvalue weighted by atomic mass is 10.1. The highest BCUT2D eigenvalue weighted by Gasteiger charge is 2.28. The molecule has 1 atom stereocenters. The lowest BCUT2D eigenvalue weighted by Gasteiger charge is -2.15. The number of nitrogens with zero attached hydrogens (tertiary/aromatic N) is 2. The molecule has 0 saturated carbocycles. The van der Waals surface area contributed by atoms with Gasteiger partial charge in [0, 0.05) is 12.3 Å². The van der Waals surface area contributed by atoms with Crippen molar-refractivity contribution in [1.82, 2.24) is 15.1 Å². The first-order valence-corrected chi connectivity index (χ1v) is 8.77. The number of nitrogens with one attached hydrogen (secondary N) is 1. The van der Waals surface area contributed by atoms with Gasteiger partial charge in [-0.15, -0.1) is 0 Å². The predicted molar refractivity (Wildman–Crippen MR) is 104 cm³/mol. The van der Waals surface area contributed by atoms with Crippen LogP contribution in [0.1, 0.15) is 23.4 Å². The number of primary amides is 1. The van der Waals surface area contributed by atoms with E-state index in [1.807, 2.05) is 0 Å². The second-order valence-corrected chi connectivity index (χ2v) is 6.57. The second-order valence-electron chi connectivity index (χ2n) is 6.57. The van der Waals surface area contributed by atoms with Gasteiger partial charge in [-0.1, -0.05) is 18.2 Å². The number of carboxylic acid groups (broad SMARTS) is 1. The van der Waals surface area contributed by atoms with Crippen molar-refractivity contribution in [1.29, 1.82) is 0 Å². The fourth-order valence-electron chi connectivity index (χ4n) is 3.27. The Balaban J connectivity index is 2.05. The van der Waals surface area contributed by atoms with Gasteiger partial charge in [-0.05, 0) is 24.3 Å². The number of furan rings is 1. The van der Waals surface area contributed by atoms with Crippen LogP contribution in [0.15, 0.2) is 46.9 Å². The number of carbonyl (C=O) groups excluding carboxylic acids is 2. The molecule has 2 aromatic heterocycles. The van der Waals surface area contributed by atoms with Crippen molar-refractivity contribution >= 4 is 39.7 Å². The Morgan fingerprint density at radius 2 is 1.97 bits per heavy atom. The van der Waals surface area contributed by atoms with Gasteiger partial charge in [0.15, 0.2) is 5.76 Å². The molecule has 0 aliphatic rings. The molecular weight excluding hydrogens is 395 g/mol.